The molecule has 0 spiro atoms. The summed E-state index contributed by atoms with van der Waals surface area (Å²) in [4.78, 5) is 2.34. The van der Waals surface area contributed by atoms with Gasteiger partial charge < -0.3 is 9.73 Å². The highest BCUT2D eigenvalue weighted by Gasteiger charge is 2.13. The van der Waals surface area contributed by atoms with Gasteiger partial charge in [0.25, 0.3) is 0 Å². The summed E-state index contributed by atoms with van der Waals surface area (Å²) < 4.78 is 5.36. The van der Waals surface area contributed by atoms with Gasteiger partial charge in [-0.05, 0) is 25.6 Å². The van der Waals surface area contributed by atoms with Gasteiger partial charge >= 0.3 is 0 Å². The van der Waals surface area contributed by atoms with Crippen molar-refractivity contribution >= 4 is 0 Å². The van der Waals surface area contributed by atoms with E-state index in [0.29, 0.717) is 12.1 Å². The van der Waals surface area contributed by atoms with Gasteiger partial charge in [-0.15, -0.1) is 0 Å². The van der Waals surface area contributed by atoms with Crippen LogP contribution in [0.4, 0.5) is 0 Å². The first-order valence-corrected chi connectivity index (χ1v) is 6.09. The fourth-order valence-electron chi connectivity index (χ4n) is 1.76. The van der Waals surface area contributed by atoms with Crippen LogP contribution in [0.1, 0.15) is 33.0 Å². The Morgan fingerprint density at radius 1 is 1.44 bits per heavy atom. The predicted molar refractivity (Wildman–Crippen MR) is 67.4 cm³/mol. The monoisotopic (exact) mass is 224 g/mol. The molecule has 1 heterocycles. The summed E-state index contributed by atoms with van der Waals surface area (Å²) in [6.07, 6.45) is 2.88. The van der Waals surface area contributed by atoms with Crippen molar-refractivity contribution in [2.45, 2.75) is 45.8 Å². The first kappa shape index (κ1) is 13.3. The number of furan rings is 1. The molecule has 0 aliphatic rings. The fourth-order valence-corrected chi connectivity index (χ4v) is 1.76. The summed E-state index contributed by atoms with van der Waals surface area (Å²) >= 11 is 0. The van der Waals surface area contributed by atoms with Gasteiger partial charge in [0.15, 0.2) is 0 Å². The summed E-state index contributed by atoms with van der Waals surface area (Å²) in [5.74, 6) is 1.03. The van der Waals surface area contributed by atoms with Crippen LogP contribution in [0.25, 0.3) is 0 Å². The van der Waals surface area contributed by atoms with Gasteiger partial charge in [0.05, 0.1) is 12.8 Å². The molecule has 0 aliphatic heterocycles. The SMILES string of the molecule is CCC(CNC(C)C)N(C)Cc1ccco1. The van der Waals surface area contributed by atoms with E-state index in [4.69, 9.17) is 4.42 Å². The average molecular weight is 224 g/mol. The molecule has 0 fully saturated rings. The van der Waals surface area contributed by atoms with Crippen molar-refractivity contribution in [2.75, 3.05) is 13.6 Å². The van der Waals surface area contributed by atoms with Crippen LogP contribution in [-0.2, 0) is 6.54 Å². The molecule has 3 heteroatoms. The second kappa shape index (κ2) is 6.71. The second-order valence-electron chi connectivity index (χ2n) is 4.62. The van der Waals surface area contributed by atoms with E-state index < -0.39 is 0 Å². The van der Waals surface area contributed by atoms with Crippen molar-refractivity contribution in [2.24, 2.45) is 0 Å². The lowest BCUT2D eigenvalue weighted by Crippen LogP contribution is -2.41. The summed E-state index contributed by atoms with van der Waals surface area (Å²) in [5, 5.41) is 3.48. The molecule has 0 aliphatic carbocycles. The second-order valence-corrected chi connectivity index (χ2v) is 4.62. The molecule has 0 saturated carbocycles. The first-order chi connectivity index (χ1) is 7.63. The summed E-state index contributed by atoms with van der Waals surface area (Å²) in [5.41, 5.74) is 0. The number of nitrogens with one attached hydrogen (secondary N) is 1. The van der Waals surface area contributed by atoms with Crippen molar-refractivity contribution in [3.63, 3.8) is 0 Å². The van der Waals surface area contributed by atoms with Gasteiger partial charge in [-0.25, -0.2) is 0 Å². The van der Waals surface area contributed by atoms with Gasteiger partial charge in [-0.2, -0.15) is 0 Å². The zero-order chi connectivity index (χ0) is 12.0. The standard InChI is InChI=1S/C13H24N2O/c1-5-12(9-14-11(2)3)15(4)10-13-7-6-8-16-13/h6-8,11-12,14H,5,9-10H2,1-4H3. The molecule has 0 saturated heterocycles. The van der Waals surface area contributed by atoms with Gasteiger partial charge in [-0.3, -0.25) is 4.90 Å². The van der Waals surface area contributed by atoms with Crippen LogP contribution in [0.3, 0.4) is 0 Å². The quantitative estimate of drug-likeness (QED) is 0.771. The molecule has 1 aromatic rings. The Balaban J connectivity index is 2.39. The van der Waals surface area contributed by atoms with Crippen molar-refractivity contribution in [3.8, 4) is 0 Å². The number of hydrogen-bond donors (Lipinski definition) is 1. The smallest absolute Gasteiger partial charge is 0.117 e. The lowest BCUT2D eigenvalue weighted by molar-refractivity contribution is 0.203. The third kappa shape index (κ3) is 4.37. The Kier molecular flexibility index (Phi) is 5.56. The zero-order valence-corrected chi connectivity index (χ0v) is 10.9. The molecule has 16 heavy (non-hydrogen) atoms. The molecular weight excluding hydrogens is 200 g/mol. The first-order valence-electron chi connectivity index (χ1n) is 6.09. The third-order valence-electron chi connectivity index (χ3n) is 2.84. The topological polar surface area (TPSA) is 28.4 Å². The molecule has 3 nitrogen and oxygen atoms in total. The fraction of sp³-hybridized carbons (Fsp3) is 0.692. The highest BCUT2D eigenvalue weighted by molar-refractivity contribution is 4.98. The Bertz CT molecular complexity index is 269. The van der Waals surface area contributed by atoms with E-state index in [0.717, 1.165) is 25.3 Å². The van der Waals surface area contributed by atoms with Gasteiger partial charge in [0.2, 0.25) is 0 Å². The molecule has 1 atom stereocenters. The Morgan fingerprint density at radius 3 is 2.69 bits per heavy atom. The van der Waals surface area contributed by atoms with Gasteiger partial charge in [-0.1, -0.05) is 20.8 Å². The highest BCUT2D eigenvalue weighted by Crippen LogP contribution is 2.08. The van der Waals surface area contributed by atoms with Gasteiger partial charge in [0, 0.05) is 18.6 Å². The van der Waals surface area contributed by atoms with E-state index in [-0.39, 0.29) is 0 Å². The molecule has 1 unspecified atom stereocenters. The Morgan fingerprint density at radius 2 is 2.19 bits per heavy atom. The van der Waals surface area contributed by atoms with E-state index in [1.807, 2.05) is 12.1 Å². The predicted octanol–water partition coefficient (Wildman–Crippen LogP) is 2.49. The maximum atomic E-state index is 5.36. The minimum atomic E-state index is 0.547. The number of nitrogens with zero attached hydrogens (tertiary/aromatic N) is 1. The molecule has 1 N–H and O–H groups in total. The van der Waals surface area contributed by atoms with E-state index in [9.17, 15) is 0 Å². The van der Waals surface area contributed by atoms with Crippen molar-refractivity contribution in [1.82, 2.24) is 10.2 Å². The summed E-state index contributed by atoms with van der Waals surface area (Å²) in [7, 11) is 2.15. The van der Waals surface area contributed by atoms with E-state index in [1.54, 1.807) is 6.26 Å². The molecule has 1 aromatic heterocycles. The molecule has 1 rings (SSSR count). The van der Waals surface area contributed by atoms with E-state index in [2.05, 4.69) is 38.0 Å². The molecular formula is C13H24N2O. The minimum absolute atomic E-state index is 0.547. The van der Waals surface area contributed by atoms with Crippen LogP contribution < -0.4 is 5.32 Å². The molecule has 0 amide bonds. The number of rotatable bonds is 7. The summed E-state index contributed by atoms with van der Waals surface area (Å²) in [6.45, 7) is 8.50. The molecule has 92 valence electrons. The number of likely N-dealkylation sites (N-methyl/N-ethyl adjacent to an activating group) is 1. The third-order valence-corrected chi connectivity index (χ3v) is 2.84. The van der Waals surface area contributed by atoms with Crippen molar-refractivity contribution in [1.29, 1.82) is 0 Å². The van der Waals surface area contributed by atoms with Crippen LogP contribution in [0.15, 0.2) is 22.8 Å². The minimum Gasteiger partial charge on any atom is -0.468 e. The largest absolute Gasteiger partial charge is 0.468 e. The van der Waals surface area contributed by atoms with Crippen LogP contribution in [0.5, 0.6) is 0 Å². The zero-order valence-electron chi connectivity index (χ0n) is 10.9. The van der Waals surface area contributed by atoms with E-state index in [1.165, 1.54) is 0 Å². The number of hydrogen-bond acceptors (Lipinski definition) is 3. The maximum Gasteiger partial charge on any atom is 0.117 e. The molecule has 0 radical (unpaired) electrons. The lowest BCUT2D eigenvalue weighted by atomic mass is 10.2. The van der Waals surface area contributed by atoms with Crippen LogP contribution >= 0.6 is 0 Å². The average Bonchev–Trinajstić information content (AvgIpc) is 2.71. The highest BCUT2D eigenvalue weighted by atomic mass is 16.3. The summed E-state index contributed by atoms with van der Waals surface area (Å²) in [6, 6.07) is 5.08. The van der Waals surface area contributed by atoms with Crippen LogP contribution in [0, 0.1) is 0 Å². The molecule has 0 bridgehead atoms. The molecule has 0 aromatic carbocycles. The maximum absolute atomic E-state index is 5.36. The van der Waals surface area contributed by atoms with Crippen molar-refractivity contribution < 1.29 is 4.42 Å². The van der Waals surface area contributed by atoms with Gasteiger partial charge in [0.1, 0.15) is 5.76 Å². The van der Waals surface area contributed by atoms with Crippen LogP contribution in [-0.4, -0.2) is 30.6 Å². The van der Waals surface area contributed by atoms with Crippen molar-refractivity contribution in [3.05, 3.63) is 24.2 Å². The lowest BCUT2D eigenvalue weighted by Gasteiger charge is -2.27. The Hall–Kier alpha value is -0.800. The van der Waals surface area contributed by atoms with Crippen LogP contribution in [0.2, 0.25) is 0 Å². The van der Waals surface area contributed by atoms with E-state index >= 15 is 0 Å². The Labute approximate surface area is 98.8 Å². The normalized spacial score (nSPS) is 13.6.